The van der Waals surface area contributed by atoms with Gasteiger partial charge in [-0.25, -0.2) is 4.98 Å². The lowest BCUT2D eigenvalue weighted by Crippen LogP contribution is -2.48. The molecule has 0 radical (unpaired) electrons. The fourth-order valence-electron chi connectivity index (χ4n) is 7.03. The molecule has 0 spiro atoms. The van der Waals surface area contributed by atoms with Gasteiger partial charge < -0.3 is 20.1 Å². The number of ketones is 1. The van der Waals surface area contributed by atoms with Gasteiger partial charge in [-0.15, -0.1) is 0 Å². The third-order valence-electron chi connectivity index (χ3n) is 10.1. The number of carbonyl (C=O) groups is 5. The maximum absolute atomic E-state index is 14.1. The van der Waals surface area contributed by atoms with Gasteiger partial charge in [-0.2, -0.15) is 0 Å². The molecule has 0 unspecified atom stereocenters. The Kier molecular flexibility index (Phi) is 15.8. The molecule has 1 aliphatic rings. The van der Waals surface area contributed by atoms with Gasteiger partial charge in [0, 0.05) is 44.8 Å². The number of hydrogen-bond acceptors (Lipinski definition) is 8. The van der Waals surface area contributed by atoms with E-state index in [2.05, 4.69) is 15.2 Å². The van der Waals surface area contributed by atoms with Gasteiger partial charge in [0.15, 0.2) is 5.78 Å². The minimum Gasteiger partial charge on any atom is -0.481 e. The van der Waals surface area contributed by atoms with E-state index in [-0.39, 0.29) is 60.6 Å². The zero-order chi connectivity index (χ0) is 37.8. The smallest absolute Gasteiger partial charge is 0.306 e. The van der Waals surface area contributed by atoms with Gasteiger partial charge in [-0.3, -0.25) is 28.9 Å². The minimum absolute atomic E-state index is 0.0357. The summed E-state index contributed by atoms with van der Waals surface area (Å²) in [5, 5.41) is 12.5. The molecule has 3 rings (SSSR count). The van der Waals surface area contributed by atoms with Crippen molar-refractivity contribution in [1.82, 2.24) is 20.1 Å². The predicted octanol–water partition coefficient (Wildman–Crippen LogP) is 5.73. The average Bonchev–Trinajstić information content (AvgIpc) is 3.08. The Morgan fingerprint density at radius 3 is 2.24 bits per heavy atom. The van der Waals surface area contributed by atoms with Gasteiger partial charge in [-0.1, -0.05) is 77.4 Å². The Morgan fingerprint density at radius 1 is 0.961 bits per heavy atom. The number of rotatable bonds is 18. The Bertz CT molecular complexity index is 1480. The van der Waals surface area contributed by atoms with Crippen molar-refractivity contribution in [2.24, 2.45) is 23.7 Å². The molecule has 1 aromatic carbocycles. The molecule has 0 bridgehead atoms. The predicted molar refractivity (Wildman–Crippen MR) is 196 cm³/mol. The Morgan fingerprint density at radius 2 is 1.65 bits per heavy atom. The summed E-state index contributed by atoms with van der Waals surface area (Å²) in [4.78, 5) is 73.6. The first kappa shape index (κ1) is 41.3. The minimum atomic E-state index is -0.946. The lowest BCUT2D eigenvalue weighted by Gasteiger charge is -2.37. The van der Waals surface area contributed by atoms with E-state index in [4.69, 9.17) is 4.74 Å². The summed E-state index contributed by atoms with van der Waals surface area (Å²) in [6, 6.07) is 13.4. The van der Waals surface area contributed by atoms with Gasteiger partial charge in [0.2, 0.25) is 5.91 Å². The lowest BCUT2D eigenvalue weighted by molar-refractivity contribution is -0.150. The second kappa shape index (κ2) is 19.5. The van der Waals surface area contributed by atoms with Crippen molar-refractivity contribution in [2.45, 2.75) is 111 Å². The third kappa shape index (κ3) is 12.3. The molecular weight excluding hydrogens is 648 g/mol. The van der Waals surface area contributed by atoms with E-state index in [1.54, 1.807) is 37.1 Å². The van der Waals surface area contributed by atoms with Crippen LogP contribution in [-0.4, -0.2) is 88.2 Å². The number of hydrogen-bond donors (Lipinski definition) is 2. The number of amides is 2. The second-order valence-corrected chi connectivity index (χ2v) is 14.9. The number of likely N-dealkylation sites (tertiary alicyclic amines) is 1. The number of carboxylic acid groups (broad SMARTS) is 1. The van der Waals surface area contributed by atoms with E-state index in [0.717, 1.165) is 31.4 Å². The van der Waals surface area contributed by atoms with Gasteiger partial charge in [0.05, 0.1) is 17.7 Å². The Hall–Kier alpha value is -4.12. The van der Waals surface area contributed by atoms with Crippen LogP contribution in [0, 0.1) is 23.7 Å². The van der Waals surface area contributed by atoms with Crippen LogP contribution in [0.4, 0.5) is 0 Å². The molecule has 0 aliphatic carbocycles. The largest absolute Gasteiger partial charge is 0.481 e. The van der Waals surface area contributed by atoms with E-state index >= 15 is 0 Å². The lowest BCUT2D eigenvalue weighted by atomic mass is 9.84. The molecule has 1 fully saturated rings. The van der Waals surface area contributed by atoms with Crippen molar-refractivity contribution in [3.63, 3.8) is 0 Å². The van der Waals surface area contributed by atoms with Crippen molar-refractivity contribution in [3.8, 4) is 0 Å². The SMILES string of the molecule is CC(=O)O[C@H](C[C@H](C(C)C)N(C)C(=O)[C@@H](CC(=O)[C@H]1CCCCN1C)C(C)C)c1cccc(C(=O)N[C@@H](Cc2ccccc2)C[C@H](C)C(=O)O)n1. The number of piperidine rings is 1. The highest BCUT2D eigenvalue weighted by Gasteiger charge is 2.37. The van der Waals surface area contributed by atoms with Gasteiger partial charge in [0.25, 0.3) is 5.91 Å². The van der Waals surface area contributed by atoms with Crippen LogP contribution in [0.25, 0.3) is 0 Å². The molecule has 11 heteroatoms. The molecular formula is C40H58N4O7. The summed E-state index contributed by atoms with van der Waals surface area (Å²) in [6.07, 6.45) is 3.08. The molecule has 11 nitrogen and oxygen atoms in total. The maximum atomic E-state index is 14.1. The average molecular weight is 707 g/mol. The number of aliphatic carboxylic acids is 1. The zero-order valence-electron chi connectivity index (χ0n) is 31.6. The van der Waals surface area contributed by atoms with Crippen molar-refractivity contribution < 1.29 is 33.8 Å². The number of esters is 1. The molecule has 2 N–H and O–H groups in total. The molecule has 51 heavy (non-hydrogen) atoms. The van der Waals surface area contributed by atoms with Crippen molar-refractivity contribution in [2.75, 3.05) is 20.6 Å². The first-order chi connectivity index (χ1) is 24.1. The number of benzene rings is 1. The van der Waals surface area contributed by atoms with E-state index in [9.17, 15) is 29.1 Å². The summed E-state index contributed by atoms with van der Waals surface area (Å²) < 4.78 is 5.79. The summed E-state index contributed by atoms with van der Waals surface area (Å²) in [6.45, 7) is 11.7. The number of carbonyl (C=O) groups excluding carboxylic acids is 4. The molecule has 2 aromatic rings. The highest BCUT2D eigenvalue weighted by Crippen LogP contribution is 2.30. The number of ether oxygens (including phenoxy) is 1. The first-order valence-electron chi connectivity index (χ1n) is 18.3. The number of carboxylic acids is 1. The van der Waals surface area contributed by atoms with Crippen LogP contribution < -0.4 is 5.32 Å². The van der Waals surface area contributed by atoms with E-state index in [1.165, 1.54) is 6.92 Å². The van der Waals surface area contributed by atoms with Crippen molar-refractivity contribution in [3.05, 3.63) is 65.5 Å². The molecule has 2 heterocycles. The molecule has 1 saturated heterocycles. The number of likely N-dealkylation sites (N-methyl/N-ethyl adjacent to an activating group) is 1. The van der Waals surface area contributed by atoms with Crippen LogP contribution in [0.5, 0.6) is 0 Å². The summed E-state index contributed by atoms with van der Waals surface area (Å²) in [5.74, 6) is -3.25. The first-order valence-corrected chi connectivity index (χ1v) is 18.3. The Labute approximate surface area is 303 Å². The molecule has 6 atom stereocenters. The molecule has 280 valence electrons. The summed E-state index contributed by atoms with van der Waals surface area (Å²) in [5.41, 5.74) is 1.42. The van der Waals surface area contributed by atoms with E-state index in [1.807, 2.05) is 65.1 Å². The topological polar surface area (TPSA) is 146 Å². The number of aromatic nitrogens is 1. The van der Waals surface area contributed by atoms with Crippen LogP contribution in [0.1, 0.15) is 108 Å². The van der Waals surface area contributed by atoms with Gasteiger partial charge in [0.1, 0.15) is 11.8 Å². The number of Topliss-reactive ketones (excluding diaryl/α,β-unsaturated/α-hetero) is 1. The maximum Gasteiger partial charge on any atom is 0.306 e. The zero-order valence-corrected chi connectivity index (χ0v) is 31.6. The van der Waals surface area contributed by atoms with Crippen molar-refractivity contribution in [1.29, 1.82) is 0 Å². The van der Waals surface area contributed by atoms with Gasteiger partial charge in [-0.05, 0) is 68.8 Å². The van der Waals surface area contributed by atoms with Crippen LogP contribution in [-0.2, 0) is 30.3 Å². The molecule has 2 amide bonds. The number of nitrogens with one attached hydrogen (secondary N) is 1. The quantitative estimate of drug-likeness (QED) is 0.186. The van der Waals surface area contributed by atoms with Crippen molar-refractivity contribution >= 4 is 29.5 Å². The molecule has 1 aromatic heterocycles. The third-order valence-corrected chi connectivity index (χ3v) is 10.1. The second-order valence-electron chi connectivity index (χ2n) is 14.9. The highest BCUT2D eigenvalue weighted by molar-refractivity contribution is 5.92. The normalized spacial score (nSPS) is 18.0. The highest BCUT2D eigenvalue weighted by atomic mass is 16.5. The number of pyridine rings is 1. The fraction of sp³-hybridized carbons (Fsp3) is 0.600. The van der Waals surface area contributed by atoms with Crippen LogP contribution >= 0.6 is 0 Å². The number of nitrogens with zero attached hydrogens (tertiary/aromatic N) is 3. The molecule has 1 aliphatic heterocycles. The van der Waals surface area contributed by atoms with Crippen LogP contribution in [0.3, 0.4) is 0 Å². The standard InChI is InChI=1S/C40H58N4O7/c1-25(2)31(23-36(46)34-19-12-13-20-43(34)7)39(48)44(8)35(26(3)4)24-37(51-28(6)45)32-17-14-18-33(42-32)38(47)41-30(21-27(5)40(49)50)22-29-15-10-9-11-16-29/h9-11,14-18,25-27,30-31,34-35,37H,12-13,19-24H2,1-8H3,(H,41,47)(H,49,50)/t27-,30+,31-,34+,35+,37+/m0/s1. The summed E-state index contributed by atoms with van der Waals surface area (Å²) in [7, 11) is 3.71. The van der Waals surface area contributed by atoms with Crippen LogP contribution in [0.15, 0.2) is 48.5 Å². The van der Waals surface area contributed by atoms with E-state index in [0.29, 0.717) is 12.1 Å². The van der Waals surface area contributed by atoms with E-state index < -0.39 is 41.8 Å². The van der Waals surface area contributed by atoms with Crippen LogP contribution in [0.2, 0.25) is 0 Å². The summed E-state index contributed by atoms with van der Waals surface area (Å²) >= 11 is 0. The molecule has 0 saturated carbocycles. The monoisotopic (exact) mass is 706 g/mol. The Balaban J connectivity index is 1.83. The van der Waals surface area contributed by atoms with Gasteiger partial charge >= 0.3 is 11.9 Å². The fourth-order valence-corrected chi connectivity index (χ4v) is 7.03.